The second-order valence-corrected chi connectivity index (χ2v) is 5.54. The second kappa shape index (κ2) is 6.52. The van der Waals surface area contributed by atoms with Gasteiger partial charge in [-0.15, -0.1) is 0 Å². The fourth-order valence-electron chi connectivity index (χ4n) is 2.62. The molecule has 1 heterocycles. The lowest BCUT2D eigenvalue weighted by molar-refractivity contribution is 0.0940. The van der Waals surface area contributed by atoms with Gasteiger partial charge in [0.05, 0.1) is 6.04 Å². The van der Waals surface area contributed by atoms with Crippen molar-refractivity contribution in [3.8, 4) is 0 Å². The van der Waals surface area contributed by atoms with Gasteiger partial charge in [0.15, 0.2) is 0 Å². The summed E-state index contributed by atoms with van der Waals surface area (Å²) in [5, 5.41) is 5.74. The minimum absolute atomic E-state index is 0.0623. The van der Waals surface area contributed by atoms with Crippen molar-refractivity contribution in [1.82, 2.24) is 10.6 Å². The van der Waals surface area contributed by atoms with Crippen LogP contribution in [0.1, 0.15) is 28.9 Å². The van der Waals surface area contributed by atoms with Crippen LogP contribution in [0.15, 0.2) is 54.6 Å². The van der Waals surface area contributed by atoms with Crippen molar-refractivity contribution in [1.29, 1.82) is 0 Å². The molecule has 2 aromatic rings. The first-order valence-corrected chi connectivity index (χ1v) is 7.66. The number of urea groups is 1. The molecule has 1 fully saturated rings. The van der Waals surface area contributed by atoms with E-state index in [1.807, 2.05) is 37.3 Å². The van der Waals surface area contributed by atoms with Crippen molar-refractivity contribution in [3.05, 3.63) is 65.7 Å². The van der Waals surface area contributed by atoms with Gasteiger partial charge in [-0.1, -0.05) is 30.3 Å². The topological polar surface area (TPSA) is 61.4 Å². The van der Waals surface area contributed by atoms with E-state index in [1.165, 1.54) is 0 Å². The molecule has 1 aliphatic rings. The van der Waals surface area contributed by atoms with Gasteiger partial charge < -0.3 is 10.6 Å². The highest BCUT2D eigenvalue weighted by Crippen LogP contribution is 2.18. The van der Waals surface area contributed by atoms with E-state index >= 15 is 0 Å². The highest BCUT2D eigenvalue weighted by atomic mass is 16.2. The Labute approximate surface area is 135 Å². The zero-order chi connectivity index (χ0) is 16.2. The number of carbonyl (C=O) groups excluding carboxylic acids is 2. The third kappa shape index (κ3) is 3.34. The van der Waals surface area contributed by atoms with Crippen molar-refractivity contribution in [2.24, 2.45) is 0 Å². The summed E-state index contributed by atoms with van der Waals surface area (Å²) >= 11 is 0. The van der Waals surface area contributed by atoms with Crippen LogP contribution in [-0.4, -0.2) is 25.0 Å². The third-order valence-electron chi connectivity index (χ3n) is 3.95. The molecular formula is C18H19N3O2. The average molecular weight is 309 g/mol. The predicted octanol–water partition coefficient (Wildman–Crippen LogP) is 2.71. The average Bonchev–Trinajstić information content (AvgIpc) is 3.02. The summed E-state index contributed by atoms with van der Waals surface area (Å²) in [6.45, 7) is 3.25. The summed E-state index contributed by atoms with van der Waals surface area (Å²) in [4.78, 5) is 25.6. The molecule has 0 aromatic heterocycles. The molecule has 2 aromatic carbocycles. The molecule has 3 rings (SSSR count). The fraction of sp³-hybridized carbons (Fsp3) is 0.222. The number of hydrogen-bond donors (Lipinski definition) is 2. The number of amides is 3. The van der Waals surface area contributed by atoms with E-state index in [2.05, 4.69) is 10.6 Å². The van der Waals surface area contributed by atoms with Crippen molar-refractivity contribution in [3.63, 3.8) is 0 Å². The van der Waals surface area contributed by atoms with Gasteiger partial charge in [-0.2, -0.15) is 0 Å². The SMILES string of the molecule is CC(NC(=O)c1ccc(N2CCNC2=O)cc1)c1ccccc1. The molecule has 0 bridgehead atoms. The zero-order valence-corrected chi connectivity index (χ0v) is 13.0. The van der Waals surface area contributed by atoms with Gasteiger partial charge in [0.25, 0.3) is 5.91 Å². The van der Waals surface area contributed by atoms with Crippen LogP contribution in [0, 0.1) is 0 Å². The molecule has 1 aliphatic heterocycles. The Morgan fingerprint density at radius 1 is 1.13 bits per heavy atom. The van der Waals surface area contributed by atoms with E-state index in [-0.39, 0.29) is 18.0 Å². The summed E-state index contributed by atoms with van der Waals surface area (Å²) in [5.74, 6) is -0.126. The van der Waals surface area contributed by atoms with E-state index in [4.69, 9.17) is 0 Å². The number of rotatable bonds is 4. The van der Waals surface area contributed by atoms with Crippen molar-refractivity contribution < 1.29 is 9.59 Å². The lowest BCUT2D eigenvalue weighted by Crippen LogP contribution is -2.28. The van der Waals surface area contributed by atoms with Crippen molar-refractivity contribution in [2.75, 3.05) is 18.0 Å². The summed E-state index contributed by atoms with van der Waals surface area (Å²) < 4.78 is 0. The lowest BCUT2D eigenvalue weighted by Gasteiger charge is -2.16. The Morgan fingerprint density at radius 3 is 2.43 bits per heavy atom. The number of benzene rings is 2. The molecule has 0 radical (unpaired) electrons. The van der Waals surface area contributed by atoms with Crippen LogP contribution >= 0.6 is 0 Å². The van der Waals surface area contributed by atoms with Crippen LogP contribution in [0.4, 0.5) is 10.5 Å². The van der Waals surface area contributed by atoms with Gasteiger partial charge in [0.2, 0.25) is 0 Å². The molecule has 0 saturated carbocycles. The minimum Gasteiger partial charge on any atom is -0.346 e. The molecule has 5 heteroatoms. The Hall–Kier alpha value is -2.82. The summed E-state index contributed by atoms with van der Waals surface area (Å²) in [5.41, 5.74) is 2.44. The molecule has 2 N–H and O–H groups in total. The molecule has 0 spiro atoms. The summed E-state index contributed by atoms with van der Waals surface area (Å²) in [6, 6.07) is 16.8. The molecule has 1 atom stereocenters. The molecular weight excluding hydrogens is 290 g/mol. The number of hydrogen-bond acceptors (Lipinski definition) is 2. The fourth-order valence-corrected chi connectivity index (χ4v) is 2.62. The van der Waals surface area contributed by atoms with E-state index in [1.54, 1.807) is 29.2 Å². The summed E-state index contributed by atoms with van der Waals surface area (Å²) in [6.07, 6.45) is 0. The van der Waals surface area contributed by atoms with Crippen LogP contribution in [-0.2, 0) is 0 Å². The van der Waals surface area contributed by atoms with E-state index in [9.17, 15) is 9.59 Å². The monoisotopic (exact) mass is 309 g/mol. The maximum Gasteiger partial charge on any atom is 0.321 e. The first kappa shape index (κ1) is 15.1. The van der Waals surface area contributed by atoms with Crippen molar-refractivity contribution >= 4 is 17.6 Å². The van der Waals surface area contributed by atoms with Crippen LogP contribution in [0.3, 0.4) is 0 Å². The van der Waals surface area contributed by atoms with Crippen LogP contribution in [0.25, 0.3) is 0 Å². The van der Waals surface area contributed by atoms with E-state index in [0.29, 0.717) is 18.7 Å². The van der Waals surface area contributed by atoms with Crippen molar-refractivity contribution in [2.45, 2.75) is 13.0 Å². The molecule has 23 heavy (non-hydrogen) atoms. The van der Waals surface area contributed by atoms with E-state index < -0.39 is 0 Å². The molecule has 1 unspecified atom stereocenters. The highest BCUT2D eigenvalue weighted by molar-refractivity contribution is 5.97. The maximum absolute atomic E-state index is 12.3. The zero-order valence-electron chi connectivity index (χ0n) is 13.0. The Kier molecular flexibility index (Phi) is 4.28. The summed E-state index contributed by atoms with van der Waals surface area (Å²) in [7, 11) is 0. The van der Waals surface area contributed by atoms with Gasteiger partial charge in [-0.25, -0.2) is 4.79 Å². The molecule has 1 saturated heterocycles. The Morgan fingerprint density at radius 2 is 1.83 bits per heavy atom. The normalized spacial score (nSPS) is 15.2. The quantitative estimate of drug-likeness (QED) is 0.912. The second-order valence-electron chi connectivity index (χ2n) is 5.54. The van der Waals surface area contributed by atoms with Gasteiger partial charge >= 0.3 is 6.03 Å². The smallest absolute Gasteiger partial charge is 0.321 e. The molecule has 3 amide bonds. The first-order valence-electron chi connectivity index (χ1n) is 7.66. The number of nitrogens with zero attached hydrogens (tertiary/aromatic N) is 1. The molecule has 0 aliphatic carbocycles. The van der Waals surface area contributed by atoms with Crippen LogP contribution in [0.2, 0.25) is 0 Å². The third-order valence-corrected chi connectivity index (χ3v) is 3.95. The minimum atomic E-state index is -0.126. The van der Waals surface area contributed by atoms with Gasteiger partial charge in [-0.05, 0) is 36.8 Å². The van der Waals surface area contributed by atoms with Crippen LogP contribution in [0.5, 0.6) is 0 Å². The number of anilines is 1. The van der Waals surface area contributed by atoms with Gasteiger partial charge in [0.1, 0.15) is 0 Å². The Balaban J connectivity index is 1.67. The molecule has 5 nitrogen and oxygen atoms in total. The molecule has 118 valence electrons. The Bertz CT molecular complexity index is 698. The lowest BCUT2D eigenvalue weighted by atomic mass is 10.1. The largest absolute Gasteiger partial charge is 0.346 e. The predicted molar refractivity (Wildman–Crippen MR) is 89.5 cm³/mol. The first-order chi connectivity index (χ1) is 11.1. The van der Waals surface area contributed by atoms with Crippen LogP contribution < -0.4 is 15.5 Å². The standard InChI is InChI=1S/C18H19N3O2/c1-13(14-5-3-2-4-6-14)20-17(22)15-7-9-16(10-8-15)21-12-11-19-18(21)23/h2-10,13H,11-12H2,1H3,(H,19,23)(H,20,22). The maximum atomic E-state index is 12.3. The van der Waals surface area contributed by atoms with Gasteiger partial charge in [-0.3, -0.25) is 9.69 Å². The van der Waals surface area contributed by atoms with E-state index in [0.717, 1.165) is 11.3 Å². The number of carbonyl (C=O) groups is 2. The highest BCUT2D eigenvalue weighted by Gasteiger charge is 2.21. The number of nitrogens with one attached hydrogen (secondary N) is 2. The van der Waals surface area contributed by atoms with Gasteiger partial charge in [0, 0.05) is 24.3 Å².